The molecule has 0 aliphatic rings. The normalized spacial score (nSPS) is 10.9. The van der Waals surface area contributed by atoms with E-state index in [-0.39, 0.29) is 12.3 Å². The van der Waals surface area contributed by atoms with Crippen LogP contribution in [0.5, 0.6) is 5.75 Å². The zero-order chi connectivity index (χ0) is 21.3. The fourth-order valence-corrected chi connectivity index (χ4v) is 3.92. The lowest BCUT2D eigenvalue weighted by Gasteiger charge is -2.19. The smallest absolute Gasteiger partial charge is 0.230 e. The van der Waals surface area contributed by atoms with Crippen molar-refractivity contribution in [2.45, 2.75) is 27.2 Å². The molecule has 0 aliphatic heterocycles. The van der Waals surface area contributed by atoms with Gasteiger partial charge in [0.2, 0.25) is 5.91 Å². The van der Waals surface area contributed by atoms with Crippen molar-refractivity contribution in [3.05, 3.63) is 65.2 Å². The van der Waals surface area contributed by atoms with Gasteiger partial charge in [-0.25, -0.2) is 4.98 Å². The van der Waals surface area contributed by atoms with Gasteiger partial charge in [0.1, 0.15) is 17.4 Å². The maximum Gasteiger partial charge on any atom is 0.230 e. The van der Waals surface area contributed by atoms with Crippen molar-refractivity contribution < 1.29 is 9.53 Å². The Kier molecular flexibility index (Phi) is 7.99. The summed E-state index contributed by atoms with van der Waals surface area (Å²) in [5.41, 5.74) is 3.75. The minimum atomic E-state index is -0.101. The number of nitrogens with zero attached hydrogens (tertiary/aromatic N) is 2. The van der Waals surface area contributed by atoms with Crippen LogP contribution in [-0.4, -0.2) is 42.0 Å². The van der Waals surface area contributed by atoms with Crippen LogP contribution in [-0.2, 0) is 11.2 Å². The molecule has 0 radical (unpaired) electrons. The molecule has 0 atom stereocenters. The van der Waals surface area contributed by atoms with Gasteiger partial charge in [-0.05, 0) is 32.1 Å². The highest BCUT2D eigenvalue weighted by atomic mass is 32.1. The fraction of sp³-hybridized carbons (Fsp3) is 0.333. The highest BCUT2D eigenvalue weighted by Gasteiger charge is 2.12. The summed E-state index contributed by atoms with van der Waals surface area (Å²) in [5, 5.41) is 5.84. The minimum Gasteiger partial charge on any atom is -0.490 e. The van der Waals surface area contributed by atoms with E-state index in [1.165, 1.54) is 5.56 Å². The Balaban J connectivity index is 1.58. The molecule has 0 fully saturated rings. The summed E-state index contributed by atoms with van der Waals surface area (Å²) in [4.78, 5) is 19.5. The Labute approximate surface area is 182 Å². The Morgan fingerprint density at radius 3 is 2.57 bits per heavy atom. The van der Waals surface area contributed by atoms with Gasteiger partial charge >= 0.3 is 0 Å². The third-order valence-electron chi connectivity index (χ3n) is 4.91. The van der Waals surface area contributed by atoms with E-state index in [2.05, 4.69) is 60.2 Å². The number of carbonyl (C=O) groups excluding carboxylic acids is 1. The minimum absolute atomic E-state index is 0.101. The molecule has 1 N–H and O–H groups in total. The highest BCUT2D eigenvalue weighted by Crippen LogP contribution is 2.26. The molecule has 30 heavy (non-hydrogen) atoms. The molecule has 0 aliphatic carbocycles. The first kappa shape index (κ1) is 22.0. The first-order chi connectivity index (χ1) is 14.6. The summed E-state index contributed by atoms with van der Waals surface area (Å²) in [6.07, 6.45) is 0.232. The topological polar surface area (TPSA) is 54.5 Å². The lowest BCUT2D eigenvalue weighted by molar-refractivity contribution is -0.115. The quantitative estimate of drug-likeness (QED) is 0.497. The molecule has 0 saturated heterocycles. The second kappa shape index (κ2) is 10.9. The van der Waals surface area contributed by atoms with Crippen molar-refractivity contribution >= 4 is 22.9 Å². The predicted octanol–water partition coefficient (Wildman–Crippen LogP) is 5.02. The van der Waals surface area contributed by atoms with Gasteiger partial charge < -0.3 is 15.0 Å². The standard InChI is InChI=1S/C24H29N3O2S/c1-4-27(5-2)14-15-29-22-9-7-6-8-21(22)26-23(28)16-20-17-30-24(25-20)19-12-10-18(3)11-13-19/h6-13,17H,4-5,14-16H2,1-3H3,(H,26,28). The van der Waals surface area contributed by atoms with Gasteiger partial charge in [-0.3, -0.25) is 4.79 Å². The van der Waals surface area contributed by atoms with Gasteiger partial charge in [0, 0.05) is 17.5 Å². The SMILES string of the molecule is CCN(CC)CCOc1ccccc1NC(=O)Cc1csc(-c2ccc(C)cc2)n1. The third-order valence-corrected chi connectivity index (χ3v) is 5.85. The molecule has 6 heteroatoms. The van der Waals surface area contributed by atoms with Crippen LogP contribution in [0.15, 0.2) is 53.9 Å². The monoisotopic (exact) mass is 423 g/mol. The number of carbonyl (C=O) groups is 1. The van der Waals surface area contributed by atoms with Crippen LogP contribution in [0, 0.1) is 6.92 Å². The molecule has 0 spiro atoms. The first-order valence-corrected chi connectivity index (χ1v) is 11.2. The lowest BCUT2D eigenvalue weighted by Crippen LogP contribution is -2.28. The summed E-state index contributed by atoms with van der Waals surface area (Å²) >= 11 is 1.56. The van der Waals surface area contributed by atoms with Gasteiger partial charge in [-0.1, -0.05) is 55.8 Å². The van der Waals surface area contributed by atoms with Crippen molar-refractivity contribution in [3.8, 4) is 16.3 Å². The van der Waals surface area contributed by atoms with Crippen molar-refractivity contribution in [1.82, 2.24) is 9.88 Å². The number of ether oxygens (including phenoxy) is 1. The van der Waals surface area contributed by atoms with Gasteiger partial charge in [-0.15, -0.1) is 11.3 Å². The second-order valence-electron chi connectivity index (χ2n) is 7.11. The number of likely N-dealkylation sites (N-methyl/N-ethyl adjacent to an activating group) is 1. The van der Waals surface area contributed by atoms with E-state index >= 15 is 0 Å². The average molecular weight is 424 g/mol. The molecule has 1 aromatic heterocycles. The number of rotatable bonds is 10. The predicted molar refractivity (Wildman–Crippen MR) is 124 cm³/mol. The molecule has 1 heterocycles. The van der Waals surface area contributed by atoms with E-state index in [1.807, 2.05) is 29.6 Å². The first-order valence-electron chi connectivity index (χ1n) is 10.3. The second-order valence-corrected chi connectivity index (χ2v) is 7.96. The van der Waals surface area contributed by atoms with Crippen LogP contribution >= 0.6 is 11.3 Å². The Hall–Kier alpha value is -2.70. The molecule has 1 amide bonds. The van der Waals surface area contributed by atoms with Crippen LogP contribution in [0.3, 0.4) is 0 Å². The van der Waals surface area contributed by atoms with E-state index in [9.17, 15) is 4.79 Å². The Bertz CT molecular complexity index is 949. The summed E-state index contributed by atoms with van der Waals surface area (Å²) in [5.74, 6) is 0.590. The largest absolute Gasteiger partial charge is 0.490 e. The van der Waals surface area contributed by atoms with Gasteiger partial charge in [0.05, 0.1) is 17.8 Å². The van der Waals surface area contributed by atoms with Gasteiger partial charge in [-0.2, -0.15) is 0 Å². The lowest BCUT2D eigenvalue weighted by atomic mass is 10.2. The third kappa shape index (κ3) is 6.15. The van der Waals surface area contributed by atoms with Crippen LogP contribution in [0.25, 0.3) is 10.6 Å². The Morgan fingerprint density at radius 1 is 1.10 bits per heavy atom. The summed E-state index contributed by atoms with van der Waals surface area (Å²) in [7, 11) is 0. The van der Waals surface area contributed by atoms with Crippen LogP contribution < -0.4 is 10.1 Å². The Morgan fingerprint density at radius 2 is 1.83 bits per heavy atom. The number of hydrogen-bond acceptors (Lipinski definition) is 5. The van der Waals surface area contributed by atoms with E-state index in [0.29, 0.717) is 18.0 Å². The van der Waals surface area contributed by atoms with Crippen molar-refractivity contribution in [3.63, 3.8) is 0 Å². The van der Waals surface area contributed by atoms with Crippen molar-refractivity contribution in [2.75, 3.05) is 31.6 Å². The number of aryl methyl sites for hydroxylation is 1. The maximum atomic E-state index is 12.6. The number of anilines is 1. The number of amides is 1. The van der Waals surface area contributed by atoms with Gasteiger partial charge in [0.25, 0.3) is 0 Å². The number of benzene rings is 2. The molecule has 0 unspecified atom stereocenters. The number of nitrogens with one attached hydrogen (secondary N) is 1. The molecule has 0 bridgehead atoms. The van der Waals surface area contributed by atoms with E-state index < -0.39 is 0 Å². The van der Waals surface area contributed by atoms with E-state index in [0.717, 1.165) is 35.9 Å². The van der Waals surface area contributed by atoms with E-state index in [4.69, 9.17) is 4.74 Å². The number of para-hydroxylation sites is 2. The highest BCUT2D eigenvalue weighted by molar-refractivity contribution is 7.13. The fourth-order valence-electron chi connectivity index (χ4n) is 3.10. The van der Waals surface area contributed by atoms with Crippen LogP contribution in [0.1, 0.15) is 25.1 Å². The molecular weight excluding hydrogens is 394 g/mol. The average Bonchev–Trinajstić information content (AvgIpc) is 3.21. The number of aromatic nitrogens is 1. The molecule has 158 valence electrons. The summed E-state index contributed by atoms with van der Waals surface area (Å²) in [6.45, 7) is 9.77. The van der Waals surface area contributed by atoms with Crippen LogP contribution in [0.2, 0.25) is 0 Å². The zero-order valence-corrected chi connectivity index (χ0v) is 18.7. The van der Waals surface area contributed by atoms with Crippen LogP contribution in [0.4, 0.5) is 5.69 Å². The molecular formula is C24H29N3O2S. The molecule has 5 nitrogen and oxygen atoms in total. The molecule has 2 aromatic carbocycles. The zero-order valence-electron chi connectivity index (χ0n) is 17.9. The number of thiazole rings is 1. The summed E-state index contributed by atoms with van der Waals surface area (Å²) in [6, 6.07) is 15.8. The maximum absolute atomic E-state index is 12.6. The van der Waals surface area contributed by atoms with Crippen molar-refractivity contribution in [1.29, 1.82) is 0 Å². The molecule has 3 aromatic rings. The van der Waals surface area contributed by atoms with Crippen molar-refractivity contribution in [2.24, 2.45) is 0 Å². The van der Waals surface area contributed by atoms with E-state index in [1.54, 1.807) is 11.3 Å². The number of hydrogen-bond donors (Lipinski definition) is 1. The molecule has 3 rings (SSSR count). The summed E-state index contributed by atoms with van der Waals surface area (Å²) < 4.78 is 5.92. The van der Waals surface area contributed by atoms with Gasteiger partial charge in [0.15, 0.2) is 0 Å². The molecule has 0 saturated carbocycles.